The topological polar surface area (TPSA) is 78.1 Å². The molecule has 0 saturated carbocycles. The molecule has 86 valence electrons. The van der Waals surface area contributed by atoms with E-state index >= 15 is 0 Å². The van der Waals surface area contributed by atoms with Crippen LogP contribution < -0.4 is 10.5 Å². The summed E-state index contributed by atoms with van der Waals surface area (Å²) >= 11 is 5.71. The Morgan fingerprint density at radius 1 is 1.24 bits per heavy atom. The van der Waals surface area contributed by atoms with Crippen LogP contribution in [0.2, 0.25) is 5.02 Å². The lowest BCUT2D eigenvalue weighted by Gasteiger charge is -2.03. The minimum absolute atomic E-state index is 0.0555. The molecule has 1 aromatic heterocycles. The van der Waals surface area contributed by atoms with Crippen LogP contribution in [0, 0.1) is 0 Å². The largest absolute Gasteiger partial charge is 0.422 e. The molecule has 0 aliphatic heterocycles. The maximum absolute atomic E-state index is 11.6. The van der Waals surface area contributed by atoms with Gasteiger partial charge in [0.1, 0.15) is 11.6 Å². The molecule has 0 amide bonds. The Balaban J connectivity index is 2.14. The van der Waals surface area contributed by atoms with Crippen molar-refractivity contribution in [2.24, 2.45) is 0 Å². The fourth-order valence-electron chi connectivity index (χ4n) is 1.14. The molecule has 1 heterocycles. The Labute approximate surface area is 102 Å². The number of nitrogen functional groups attached to an aromatic ring is 1. The molecule has 17 heavy (non-hydrogen) atoms. The summed E-state index contributed by atoms with van der Waals surface area (Å²) in [5, 5.41) is 0.563. The summed E-state index contributed by atoms with van der Waals surface area (Å²) in [5.74, 6) is -0.0775. The van der Waals surface area contributed by atoms with Gasteiger partial charge in [0.15, 0.2) is 5.69 Å². The van der Waals surface area contributed by atoms with Gasteiger partial charge in [0.2, 0.25) is 0 Å². The quantitative estimate of drug-likeness (QED) is 0.650. The molecule has 0 unspecified atom stereocenters. The first-order valence-corrected chi connectivity index (χ1v) is 5.08. The van der Waals surface area contributed by atoms with Crippen LogP contribution in [0.5, 0.6) is 5.75 Å². The fraction of sp³-hybridized carbons (Fsp3) is 0. The standard InChI is InChI=1S/C11H8ClN3O2/c12-7-1-3-8(4-2-7)17-11(16)9-5-14-6-10(13)15-9/h1-6H,(H2,13,15). The van der Waals surface area contributed by atoms with Crippen molar-refractivity contribution in [3.05, 3.63) is 47.4 Å². The molecular formula is C11H8ClN3O2. The molecule has 2 N–H and O–H groups in total. The Morgan fingerprint density at radius 2 is 1.94 bits per heavy atom. The van der Waals surface area contributed by atoms with Gasteiger partial charge in [-0.3, -0.25) is 4.98 Å². The zero-order valence-corrected chi connectivity index (χ0v) is 9.39. The van der Waals surface area contributed by atoms with Crippen molar-refractivity contribution >= 4 is 23.4 Å². The van der Waals surface area contributed by atoms with E-state index in [0.717, 1.165) is 0 Å². The maximum atomic E-state index is 11.6. The highest BCUT2D eigenvalue weighted by atomic mass is 35.5. The average Bonchev–Trinajstić information content (AvgIpc) is 2.32. The number of halogens is 1. The molecule has 0 radical (unpaired) electrons. The predicted octanol–water partition coefficient (Wildman–Crippen LogP) is 1.93. The molecule has 2 rings (SSSR count). The van der Waals surface area contributed by atoms with Crippen LogP contribution in [0.4, 0.5) is 5.82 Å². The first kappa shape index (κ1) is 11.3. The van der Waals surface area contributed by atoms with E-state index in [1.54, 1.807) is 24.3 Å². The van der Waals surface area contributed by atoms with Gasteiger partial charge in [0, 0.05) is 5.02 Å². The lowest BCUT2D eigenvalue weighted by molar-refractivity contribution is 0.0728. The van der Waals surface area contributed by atoms with E-state index < -0.39 is 5.97 Å². The first-order chi connectivity index (χ1) is 8.15. The van der Waals surface area contributed by atoms with Crippen LogP contribution in [-0.4, -0.2) is 15.9 Å². The van der Waals surface area contributed by atoms with Crippen molar-refractivity contribution in [2.75, 3.05) is 5.73 Å². The van der Waals surface area contributed by atoms with Gasteiger partial charge in [-0.25, -0.2) is 9.78 Å². The summed E-state index contributed by atoms with van der Waals surface area (Å²) < 4.78 is 5.05. The van der Waals surface area contributed by atoms with Gasteiger partial charge in [-0.15, -0.1) is 0 Å². The van der Waals surface area contributed by atoms with Gasteiger partial charge in [0.05, 0.1) is 12.4 Å². The second-order valence-corrected chi connectivity index (χ2v) is 3.61. The monoisotopic (exact) mass is 249 g/mol. The number of ether oxygens (including phenoxy) is 1. The SMILES string of the molecule is Nc1cncc(C(=O)Oc2ccc(Cl)cc2)n1. The van der Waals surface area contributed by atoms with Gasteiger partial charge >= 0.3 is 5.97 Å². The first-order valence-electron chi connectivity index (χ1n) is 4.70. The van der Waals surface area contributed by atoms with Crippen molar-refractivity contribution < 1.29 is 9.53 Å². The van der Waals surface area contributed by atoms with Crippen LogP contribution in [0.25, 0.3) is 0 Å². The normalized spacial score (nSPS) is 9.94. The summed E-state index contributed by atoms with van der Waals surface area (Å²) in [7, 11) is 0. The highest BCUT2D eigenvalue weighted by molar-refractivity contribution is 6.30. The third-order valence-corrected chi connectivity index (χ3v) is 2.14. The third kappa shape index (κ3) is 2.92. The molecule has 1 aromatic carbocycles. The van der Waals surface area contributed by atoms with Gasteiger partial charge in [0.25, 0.3) is 0 Å². The molecule has 0 bridgehead atoms. The molecule has 0 spiro atoms. The lowest BCUT2D eigenvalue weighted by atomic mass is 10.3. The number of hydrogen-bond donors (Lipinski definition) is 1. The molecule has 0 atom stereocenters. The number of nitrogens with zero attached hydrogens (tertiary/aromatic N) is 2. The highest BCUT2D eigenvalue weighted by Crippen LogP contribution is 2.16. The van der Waals surface area contributed by atoms with Crippen LogP contribution in [0.3, 0.4) is 0 Å². The molecule has 0 saturated heterocycles. The van der Waals surface area contributed by atoms with Crippen LogP contribution in [0.15, 0.2) is 36.7 Å². The van der Waals surface area contributed by atoms with Crippen molar-refractivity contribution in [1.82, 2.24) is 9.97 Å². The van der Waals surface area contributed by atoms with E-state index in [-0.39, 0.29) is 11.5 Å². The molecule has 0 fully saturated rings. The number of benzene rings is 1. The van der Waals surface area contributed by atoms with Crippen molar-refractivity contribution in [2.45, 2.75) is 0 Å². The van der Waals surface area contributed by atoms with Crippen LogP contribution in [-0.2, 0) is 0 Å². The smallest absolute Gasteiger partial charge is 0.364 e. The Hall–Kier alpha value is -2.14. The molecule has 6 heteroatoms. The number of hydrogen-bond acceptors (Lipinski definition) is 5. The summed E-state index contributed by atoms with van der Waals surface area (Å²) in [5.41, 5.74) is 5.47. The zero-order valence-electron chi connectivity index (χ0n) is 8.63. The number of carbonyl (C=O) groups excluding carboxylic acids is 1. The van der Waals surface area contributed by atoms with E-state index in [4.69, 9.17) is 22.1 Å². The summed E-state index contributed by atoms with van der Waals surface area (Å²) in [6, 6.07) is 6.41. The van der Waals surface area contributed by atoms with Crippen molar-refractivity contribution in [3.8, 4) is 5.75 Å². The van der Waals surface area contributed by atoms with Crippen LogP contribution in [0.1, 0.15) is 10.5 Å². The third-order valence-electron chi connectivity index (χ3n) is 1.89. The summed E-state index contributed by atoms with van der Waals surface area (Å²) in [6.07, 6.45) is 2.63. The predicted molar refractivity (Wildman–Crippen MR) is 62.9 cm³/mol. The van der Waals surface area contributed by atoms with E-state index in [1.165, 1.54) is 12.4 Å². The van der Waals surface area contributed by atoms with Gasteiger partial charge in [-0.2, -0.15) is 0 Å². The van der Waals surface area contributed by atoms with Gasteiger partial charge in [-0.05, 0) is 24.3 Å². The molecule has 0 aliphatic carbocycles. The van der Waals surface area contributed by atoms with Crippen LogP contribution >= 0.6 is 11.6 Å². The lowest BCUT2D eigenvalue weighted by Crippen LogP contribution is -2.11. The molecule has 2 aromatic rings. The number of anilines is 1. The minimum atomic E-state index is -0.618. The Bertz CT molecular complexity index is 543. The highest BCUT2D eigenvalue weighted by Gasteiger charge is 2.10. The number of nitrogens with two attached hydrogens (primary N) is 1. The van der Waals surface area contributed by atoms with E-state index in [9.17, 15) is 4.79 Å². The van der Waals surface area contributed by atoms with E-state index in [1.807, 2.05) is 0 Å². The number of rotatable bonds is 2. The molecular weight excluding hydrogens is 242 g/mol. The van der Waals surface area contributed by atoms with E-state index in [2.05, 4.69) is 9.97 Å². The summed E-state index contributed by atoms with van der Waals surface area (Å²) in [4.78, 5) is 19.2. The fourth-order valence-corrected chi connectivity index (χ4v) is 1.27. The Morgan fingerprint density at radius 3 is 2.59 bits per heavy atom. The van der Waals surface area contributed by atoms with E-state index in [0.29, 0.717) is 10.8 Å². The van der Waals surface area contributed by atoms with Gasteiger partial charge < -0.3 is 10.5 Å². The second-order valence-electron chi connectivity index (χ2n) is 3.17. The average molecular weight is 250 g/mol. The molecule has 5 nitrogen and oxygen atoms in total. The second kappa shape index (κ2) is 4.80. The van der Waals surface area contributed by atoms with Crippen molar-refractivity contribution in [1.29, 1.82) is 0 Å². The van der Waals surface area contributed by atoms with Crippen molar-refractivity contribution in [3.63, 3.8) is 0 Å². The maximum Gasteiger partial charge on any atom is 0.364 e. The summed E-state index contributed by atoms with van der Waals surface area (Å²) in [6.45, 7) is 0. The molecule has 0 aliphatic rings. The minimum Gasteiger partial charge on any atom is -0.422 e. The number of aromatic nitrogens is 2. The Kier molecular flexibility index (Phi) is 3.20. The number of carbonyl (C=O) groups is 1. The number of esters is 1. The zero-order chi connectivity index (χ0) is 12.3. The van der Waals surface area contributed by atoms with Gasteiger partial charge in [-0.1, -0.05) is 11.6 Å².